The van der Waals surface area contributed by atoms with Gasteiger partial charge in [-0.25, -0.2) is 9.18 Å². The summed E-state index contributed by atoms with van der Waals surface area (Å²) >= 11 is 0. The van der Waals surface area contributed by atoms with Crippen molar-refractivity contribution in [2.45, 2.75) is 25.5 Å². The Bertz CT molecular complexity index is 436. The van der Waals surface area contributed by atoms with Crippen LogP contribution in [0.3, 0.4) is 0 Å². The minimum Gasteiger partial charge on any atom is -0.478 e. The number of carboxylic acids is 1. The summed E-state index contributed by atoms with van der Waals surface area (Å²) in [5.74, 6) is -1.68. The van der Waals surface area contributed by atoms with E-state index in [1.165, 1.54) is 12.1 Å². The van der Waals surface area contributed by atoms with Crippen LogP contribution in [0.5, 0.6) is 0 Å². The van der Waals surface area contributed by atoms with Gasteiger partial charge in [-0.3, -0.25) is 0 Å². The number of rotatable bonds is 3. The predicted molar refractivity (Wildman–Crippen MR) is 60.8 cm³/mol. The first-order chi connectivity index (χ1) is 8.08. The first kappa shape index (κ1) is 11.9. The topological polar surface area (TPSA) is 58.6 Å². The molecule has 0 spiro atoms. The quantitative estimate of drug-likeness (QED) is 0.848. The molecule has 0 aromatic heterocycles. The second-order valence-corrected chi connectivity index (χ2v) is 4.12. The number of carbonyl (C=O) groups is 1. The summed E-state index contributed by atoms with van der Waals surface area (Å²) in [4.78, 5) is 10.7. The molecule has 0 bridgehead atoms. The Hall–Kier alpha value is -1.62. The third-order valence-corrected chi connectivity index (χ3v) is 2.93. The van der Waals surface area contributed by atoms with Gasteiger partial charge >= 0.3 is 5.97 Å². The zero-order valence-corrected chi connectivity index (χ0v) is 9.44. The van der Waals surface area contributed by atoms with E-state index in [4.69, 9.17) is 9.84 Å². The number of ether oxygens (including phenoxy) is 1. The molecular formula is C12H14FNO3. The van der Waals surface area contributed by atoms with Gasteiger partial charge in [0.05, 0.1) is 23.4 Å². The van der Waals surface area contributed by atoms with Gasteiger partial charge in [-0.05, 0) is 31.5 Å². The summed E-state index contributed by atoms with van der Waals surface area (Å²) in [6, 6.07) is 3.92. The highest BCUT2D eigenvalue weighted by Crippen LogP contribution is 2.22. The van der Waals surface area contributed by atoms with Crippen LogP contribution in [0.4, 0.5) is 10.1 Å². The lowest BCUT2D eigenvalue weighted by molar-refractivity contribution is 0.0696. The molecule has 17 heavy (non-hydrogen) atoms. The third kappa shape index (κ3) is 2.55. The van der Waals surface area contributed by atoms with Crippen molar-refractivity contribution >= 4 is 11.7 Å². The number of hydrogen-bond acceptors (Lipinski definition) is 3. The fraction of sp³-hybridized carbons (Fsp3) is 0.417. The monoisotopic (exact) mass is 239 g/mol. The van der Waals surface area contributed by atoms with Gasteiger partial charge in [-0.15, -0.1) is 0 Å². The normalized spacial score (nSPS) is 23.6. The molecule has 1 fully saturated rings. The maximum atomic E-state index is 13.6. The van der Waals surface area contributed by atoms with Gasteiger partial charge in [0.2, 0.25) is 0 Å². The largest absolute Gasteiger partial charge is 0.478 e. The average Bonchev–Trinajstić information content (AvgIpc) is 2.67. The van der Waals surface area contributed by atoms with Crippen LogP contribution in [0.2, 0.25) is 0 Å². The number of hydrogen-bond donors (Lipinski definition) is 2. The van der Waals surface area contributed by atoms with Gasteiger partial charge in [0.25, 0.3) is 0 Å². The summed E-state index contributed by atoms with van der Waals surface area (Å²) in [5.41, 5.74) is 0.265. The maximum absolute atomic E-state index is 13.6. The SMILES string of the molecule is CC1OCCC1Nc1ccc(C(=O)O)cc1F. The molecule has 2 N–H and O–H groups in total. The number of halogens is 1. The first-order valence-electron chi connectivity index (χ1n) is 5.49. The molecular weight excluding hydrogens is 225 g/mol. The predicted octanol–water partition coefficient (Wildman–Crippen LogP) is 2.11. The van der Waals surface area contributed by atoms with E-state index in [-0.39, 0.29) is 17.7 Å². The fourth-order valence-electron chi connectivity index (χ4n) is 1.89. The van der Waals surface area contributed by atoms with Crippen molar-refractivity contribution < 1.29 is 19.0 Å². The second-order valence-electron chi connectivity index (χ2n) is 4.12. The molecule has 2 unspecified atom stereocenters. The molecule has 1 aromatic rings. The lowest BCUT2D eigenvalue weighted by Crippen LogP contribution is -2.27. The molecule has 0 aliphatic carbocycles. The highest BCUT2D eigenvalue weighted by atomic mass is 19.1. The maximum Gasteiger partial charge on any atom is 0.335 e. The number of carboxylic acid groups (broad SMARTS) is 1. The van der Waals surface area contributed by atoms with Crippen LogP contribution in [0, 0.1) is 5.82 Å². The van der Waals surface area contributed by atoms with E-state index in [9.17, 15) is 9.18 Å². The lowest BCUT2D eigenvalue weighted by Gasteiger charge is -2.17. The van der Waals surface area contributed by atoms with E-state index in [1.807, 2.05) is 6.92 Å². The molecule has 4 nitrogen and oxygen atoms in total. The molecule has 2 atom stereocenters. The summed E-state index contributed by atoms with van der Waals surface area (Å²) < 4.78 is 19.0. The van der Waals surface area contributed by atoms with Crippen molar-refractivity contribution in [3.63, 3.8) is 0 Å². The standard InChI is InChI=1S/C12H14FNO3/c1-7-10(4-5-17-7)14-11-3-2-8(12(15)16)6-9(11)13/h2-3,6-7,10,14H,4-5H2,1H3,(H,15,16). The Balaban J connectivity index is 2.14. The minimum atomic E-state index is -1.13. The van der Waals surface area contributed by atoms with E-state index in [0.717, 1.165) is 12.5 Å². The zero-order valence-electron chi connectivity index (χ0n) is 9.44. The molecule has 1 aliphatic heterocycles. The number of benzene rings is 1. The Kier molecular flexibility index (Phi) is 3.28. The van der Waals surface area contributed by atoms with Crippen LogP contribution in [-0.2, 0) is 4.74 Å². The molecule has 0 amide bonds. The molecule has 1 aliphatic rings. The van der Waals surface area contributed by atoms with Crippen LogP contribution in [0.1, 0.15) is 23.7 Å². The molecule has 0 radical (unpaired) electrons. The molecule has 1 aromatic carbocycles. The van der Waals surface area contributed by atoms with Gasteiger partial charge < -0.3 is 15.2 Å². The van der Waals surface area contributed by atoms with Crippen LogP contribution in [0.15, 0.2) is 18.2 Å². The van der Waals surface area contributed by atoms with Gasteiger partial charge in [0.15, 0.2) is 0 Å². The van der Waals surface area contributed by atoms with Gasteiger partial charge in [0.1, 0.15) is 5.82 Å². The Morgan fingerprint density at radius 3 is 2.88 bits per heavy atom. The van der Waals surface area contributed by atoms with Crippen LogP contribution in [0.25, 0.3) is 0 Å². The summed E-state index contributed by atoms with van der Waals surface area (Å²) in [5, 5.41) is 11.8. The van der Waals surface area contributed by atoms with Crippen LogP contribution >= 0.6 is 0 Å². The fourth-order valence-corrected chi connectivity index (χ4v) is 1.89. The van der Waals surface area contributed by atoms with Gasteiger partial charge in [0, 0.05) is 6.61 Å². The Labute approximate surface area is 98.4 Å². The van der Waals surface area contributed by atoms with E-state index in [2.05, 4.69) is 5.32 Å². The highest BCUT2D eigenvalue weighted by Gasteiger charge is 2.24. The third-order valence-electron chi connectivity index (χ3n) is 2.93. The van der Waals surface area contributed by atoms with E-state index in [0.29, 0.717) is 12.3 Å². The van der Waals surface area contributed by atoms with Crippen molar-refractivity contribution in [1.82, 2.24) is 0 Å². The summed E-state index contributed by atoms with van der Waals surface area (Å²) in [7, 11) is 0. The molecule has 92 valence electrons. The molecule has 2 rings (SSSR count). The minimum absolute atomic E-state index is 0.0357. The zero-order chi connectivity index (χ0) is 12.4. The van der Waals surface area contributed by atoms with E-state index >= 15 is 0 Å². The second kappa shape index (κ2) is 4.71. The molecule has 1 heterocycles. The van der Waals surface area contributed by atoms with E-state index < -0.39 is 11.8 Å². The van der Waals surface area contributed by atoms with Crippen LogP contribution < -0.4 is 5.32 Å². The van der Waals surface area contributed by atoms with E-state index in [1.54, 1.807) is 0 Å². The van der Waals surface area contributed by atoms with Crippen LogP contribution in [-0.4, -0.2) is 29.8 Å². The average molecular weight is 239 g/mol. The van der Waals surface area contributed by atoms with Crippen molar-refractivity contribution in [2.75, 3.05) is 11.9 Å². The highest BCUT2D eigenvalue weighted by molar-refractivity contribution is 5.88. The smallest absolute Gasteiger partial charge is 0.335 e. The Morgan fingerprint density at radius 2 is 2.35 bits per heavy atom. The number of anilines is 1. The summed E-state index contributed by atoms with van der Waals surface area (Å²) in [6.07, 6.45) is 0.856. The molecule has 1 saturated heterocycles. The Morgan fingerprint density at radius 1 is 1.59 bits per heavy atom. The van der Waals surface area contributed by atoms with Crippen molar-refractivity contribution in [3.05, 3.63) is 29.6 Å². The summed E-state index contributed by atoms with van der Waals surface area (Å²) in [6.45, 7) is 2.59. The van der Waals surface area contributed by atoms with Crippen molar-refractivity contribution in [3.8, 4) is 0 Å². The lowest BCUT2D eigenvalue weighted by atomic mass is 10.1. The molecule has 5 heteroatoms. The van der Waals surface area contributed by atoms with Gasteiger partial charge in [-0.2, -0.15) is 0 Å². The molecule has 0 saturated carbocycles. The van der Waals surface area contributed by atoms with Crippen molar-refractivity contribution in [2.24, 2.45) is 0 Å². The number of aromatic carboxylic acids is 1. The first-order valence-corrected chi connectivity index (χ1v) is 5.49. The number of nitrogens with one attached hydrogen (secondary N) is 1. The van der Waals surface area contributed by atoms with Gasteiger partial charge in [-0.1, -0.05) is 0 Å². The van der Waals surface area contributed by atoms with Crippen molar-refractivity contribution in [1.29, 1.82) is 0 Å².